The average molecular weight is 249 g/mol. The molecule has 1 atom stereocenters. The molecule has 6 nitrogen and oxygen atoms in total. The van der Waals surface area contributed by atoms with Crippen LogP contribution < -0.4 is 11.1 Å². The average Bonchev–Trinajstić information content (AvgIpc) is 2.72. The van der Waals surface area contributed by atoms with E-state index in [0.717, 1.165) is 17.9 Å². The molecule has 0 aliphatic rings. The lowest BCUT2D eigenvalue weighted by atomic mass is 10.3. The normalized spacial score (nSPS) is 11.9. The van der Waals surface area contributed by atoms with Crippen LogP contribution in [0.4, 0.5) is 0 Å². The zero-order chi connectivity index (χ0) is 13.5. The first-order valence-electron chi connectivity index (χ1n) is 6.03. The van der Waals surface area contributed by atoms with E-state index in [9.17, 15) is 4.79 Å². The van der Waals surface area contributed by atoms with Gasteiger partial charge in [0.1, 0.15) is 12.4 Å². The zero-order valence-electron chi connectivity index (χ0n) is 10.8. The van der Waals surface area contributed by atoms with Crippen LogP contribution in [0.15, 0.2) is 6.20 Å². The van der Waals surface area contributed by atoms with Crippen molar-refractivity contribution in [1.82, 2.24) is 14.9 Å². The quantitative estimate of drug-likeness (QED) is 0.717. The second-order valence-electron chi connectivity index (χ2n) is 4.11. The Morgan fingerprint density at radius 1 is 1.72 bits per heavy atom. The van der Waals surface area contributed by atoms with Crippen molar-refractivity contribution in [3.8, 4) is 6.07 Å². The van der Waals surface area contributed by atoms with Gasteiger partial charge in [-0.2, -0.15) is 5.26 Å². The largest absolute Gasteiger partial charge is 0.354 e. The van der Waals surface area contributed by atoms with E-state index in [1.807, 2.05) is 26.1 Å². The van der Waals surface area contributed by atoms with Gasteiger partial charge in [-0.05, 0) is 6.92 Å². The predicted molar refractivity (Wildman–Crippen MR) is 67.4 cm³/mol. The molecule has 1 heterocycles. The summed E-state index contributed by atoms with van der Waals surface area (Å²) in [5.74, 6) is 0.728. The number of nitrogens with zero attached hydrogens (tertiary/aromatic N) is 3. The van der Waals surface area contributed by atoms with E-state index in [1.165, 1.54) is 0 Å². The van der Waals surface area contributed by atoms with Crippen LogP contribution in [-0.4, -0.2) is 22.0 Å². The zero-order valence-corrected chi connectivity index (χ0v) is 10.8. The molecule has 98 valence electrons. The molecular formula is C12H19N5O. The van der Waals surface area contributed by atoms with Crippen molar-refractivity contribution >= 4 is 5.91 Å². The molecule has 6 heteroatoms. The van der Waals surface area contributed by atoms with Crippen LogP contribution in [0.5, 0.6) is 0 Å². The third kappa shape index (κ3) is 3.86. The maximum Gasteiger partial charge on any atom is 0.240 e. The summed E-state index contributed by atoms with van der Waals surface area (Å²) in [6.07, 6.45) is 2.88. The predicted octanol–water partition coefficient (Wildman–Crippen LogP) is 0.495. The summed E-state index contributed by atoms with van der Waals surface area (Å²) in [6, 6.07) is 1.84. The lowest BCUT2D eigenvalue weighted by Gasteiger charge is -2.06. The number of nitriles is 1. The van der Waals surface area contributed by atoms with Gasteiger partial charge in [0.05, 0.1) is 18.2 Å². The van der Waals surface area contributed by atoms with Crippen LogP contribution in [0, 0.1) is 11.3 Å². The number of nitrogens with two attached hydrogens (primary N) is 1. The summed E-state index contributed by atoms with van der Waals surface area (Å²) < 4.78 is 1.81. The molecule has 0 aliphatic heterocycles. The Balaban J connectivity index is 2.65. The Kier molecular flexibility index (Phi) is 5.33. The summed E-state index contributed by atoms with van der Waals surface area (Å²) in [5, 5.41) is 11.1. The highest BCUT2D eigenvalue weighted by molar-refractivity contribution is 5.75. The molecule has 18 heavy (non-hydrogen) atoms. The molecule has 0 radical (unpaired) electrons. The minimum absolute atomic E-state index is 0.117. The van der Waals surface area contributed by atoms with Gasteiger partial charge in [0.25, 0.3) is 0 Å². The van der Waals surface area contributed by atoms with Crippen LogP contribution in [-0.2, 0) is 17.8 Å². The van der Waals surface area contributed by atoms with E-state index in [4.69, 9.17) is 11.0 Å². The molecule has 0 aromatic carbocycles. The van der Waals surface area contributed by atoms with Gasteiger partial charge >= 0.3 is 0 Å². The number of rotatable bonds is 6. The molecule has 1 rings (SSSR count). The van der Waals surface area contributed by atoms with Crippen LogP contribution in [0.25, 0.3) is 0 Å². The first-order chi connectivity index (χ1) is 8.58. The lowest BCUT2D eigenvalue weighted by Crippen LogP contribution is -2.28. The van der Waals surface area contributed by atoms with Crippen molar-refractivity contribution in [3.63, 3.8) is 0 Å². The first-order valence-corrected chi connectivity index (χ1v) is 6.03. The van der Waals surface area contributed by atoms with E-state index in [0.29, 0.717) is 13.0 Å². The highest BCUT2D eigenvalue weighted by Gasteiger charge is 2.11. The van der Waals surface area contributed by atoms with E-state index < -0.39 is 0 Å². The highest BCUT2D eigenvalue weighted by Crippen LogP contribution is 2.10. The monoisotopic (exact) mass is 249 g/mol. The van der Waals surface area contributed by atoms with Gasteiger partial charge < -0.3 is 15.6 Å². The van der Waals surface area contributed by atoms with Crippen LogP contribution in [0.1, 0.15) is 37.8 Å². The van der Waals surface area contributed by atoms with Crippen LogP contribution in [0.3, 0.4) is 0 Å². The third-order valence-corrected chi connectivity index (χ3v) is 2.53. The van der Waals surface area contributed by atoms with E-state index in [1.54, 1.807) is 4.57 Å². The van der Waals surface area contributed by atoms with Gasteiger partial charge in [-0.3, -0.25) is 4.79 Å². The summed E-state index contributed by atoms with van der Waals surface area (Å²) in [4.78, 5) is 16.0. The topological polar surface area (TPSA) is 96.7 Å². The van der Waals surface area contributed by atoms with Crippen LogP contribution in [0.2, 0.25) is 0 Å². The molecule has 0 unspecified atom stereocenters. The lowest BCUT2D eigenvalue weighted by molar-refractivity contribution is -0.121. The molecule has 1 amide bonds. The van der Waals surface area contributed by atoms with Gasteiger partial charge in [-0.1, -0.05) is 6.92 Å². The van der Waals surface area contributed by atoms with E-state index in [2.05, 4.69) is 10.3 Å². The van der Waals surface area contributed by atoms with Gasteiger partial charge in [-0.15, -0.1) is 0 Å². The molecule has 1 aromatic rings. The fourth-order valence-electron chi connectivity index (χ4n) is 1.58. The Morgan fingerprint density at radius 3 is 3.00 bits per heavy atom. The highest BCUT2D eigenvalue weighted by atomic mass is 16.1. The number of hydrogen-bond donors (Lipinski definition) is 2. The van der Waals surface area contributed by atoms with Gasteiger partial charge in [-0.25, -0.2) is 4.98 Å². The summed E-state index contributed by atoms with van der Waals surface area (Å²) in [5.41, 5.74) is 6.56. The molecular weight excluding hydrogens is 230 g/mol. The molecule has 0 saturated carbocycles. The third-order valence-electron chi connectivity index (χ3n) is 2.53. The SMILES string of the molecule is CCc1nc([C@H](C)N)cn1CC(=O)NCCC#N. The van der Waals surface area contributed by atoms with Crippen molar-refractivity contribution in [1.29, 1.82) is 5.26 Å². The van der Waals surface area contributed by atoms with Crippen molar-refractivity contribution in [3.05, 3.63) is 17.7 Å². The van der Waals surface area contributed by atoms with Crippen molar-refractivity contribution in [2.45, 2.75) is 39.3 Å². The van der Waals surface area contributed by atoms with E-state index >= 15 is 0 Å². The number of amides is 1. The summed E-state index contributed by atoms with van der Waals surface area (Å²) >= 11 is 0. The van der Waals surface area contributed by atoms with Crippen molar-refractivity contribution in [2.75, 3.05) is 6.54 Å². The molecule has 0 bridgehead atoms. The fraction of sp³-hybridized carbons (Fsp3) is 0.583. The number of aromatic nitrogens is 2. The number of carbonyl (C=O) groups excluding carboxylic acids is 1. The fourth-order valence-corrected chi connectivity index (χ4v) is 1.58. The Hall–Kier alpha value is -1.87. The number of imidazole rings is 1. The molecule has 1 aromatic heterocycles. The Bertz CT molecular complexity index is 444. The molecule has 0 aliphatic carbocycles. The van der Waals surface area contributed by atoms with Crippen LogP contribution >= 0.6 is 0 Å². The smallest absolute Gasteiger partial charge is 0.240 e. The van der Waals surface area contributed by atoms with Crippen molar-refractivity contribution < 1.29 is 4.79 Å². The van der Waals surface area contributed by atoms with Gasteiger partial charge in [0.15, 0.2) is 0 Å². The minimum Gasteiger partial charge on any atom is -0.354 e. The molecule has 0 saturated heterocycles. The molecule has 0 spiro atoms. The molecule has 0 fully saturated rings. The van der Waals surface area contributed by atoms with Gasteiger partial charge in [0, 0.05) is 25.2 Å². The first kappa shape index (κ1) is 14.2. The van der Waals surface area contributed by atoms with Gasteiger partial charge in [0.2, 0.25) is 5.91 Å². The second kappa shape index (κ2) is 6.77. The summed E-state index contributed by atoms with van der Waals surface area (Å²) in [6.45, 7) is 4.44. The number of carbonyl (C=O) groups is 1. The maximum absolute atomic E-state index is 11.6. The minimum atomic E-state index is -0.141. The number of hydrogen-bond acceptors (Lipinski definition) is 4. The Morgan fingerprint density at radius 2 is 2.44 bits per heavy atom. The number of aryl methyl sites for hydroxylation is 1. The van der Waals surface area contributed by atoms with E-state index in [-0.39, 0.29) is 18.5 Å². The maximum atomic E-state index is 11.6. The van der Waals surface area contributed by atoms with Crippen molar-refractivity contribution in [2.24, 2.45) is 5.73 Å². The number of nitrogens with one attached hydrogen (secondary N) is 1. The Labute approximate surface area is 107 Å². The summed E-state index contributed by atoms with van der Waals surface area (Å²) in [7, 11) is 0. The molecule has 3 N–H and O–H groups in total. The second-order valence-corrected chi connectivity index (χ2v) is 4.11. The standard InChI is InChI=1S/C12H19N5O/c1-3-11-16-10(9(2)14)7-17(11)8-12(18)15-6-4-5-13/h7,9H,3-4,6,8,14H2,1-2H3,(H,15,18)/t9-/m0/s1.